The zero-order valence-electron chi connectivity index (χ0n) is 8.78. The summed E-state index contributed by atoms with van der Waals surface area (Å²) in [6, 6.07) is 13.4. The molecule has 0 aliphatic heterocycles. The first-order valence-corrected chi connectivity index (χ1v) is 5.51. The second kappa shape index (κ2) is 6.67. The summed E-state index contributed by atoms with van der Waals surface area (Å²) in [5.41, 5.74) is 1.88. The van der Waals surface area contributed by atoms with Gasteiger partial charge in [0, 0.05) is 5.88 Å². The van der Waals surface area contributed by atoms with E-state index in [0.717, 1.165) is 17.6 Å². The van der Waals surface area contributed by atoms with Gasteiger partial charge in [-0.2, -0.15) is 10.5 Å². The Hall–Kier alpha value is -1.77. The third-order valence-corrected chi connectivity index (χ3v) is 2.48. The molecule has 3 heteroatoms. The molecule has 0 aliphatic carbocycles. The van der Waals surface area contributed by atoms with Gasteiger partial charge in [0.2, 0.25) is 0 Å². The van der Waals surface area contributed by atoms with Crippen molar-refractivity contribution >= 4 is 17.2 Å². The number of hydrogen-bond donors (Lipinski definition) is 0. The summed E-state index contributed by atoms with van der Waals surface area (Å²) in [5.74, 6) is 0.528. The van der Waals surface area contributed by atoms with Gasteiger partial charge in [0.1, 0.15) is 17.7 Å². The van der Waals surface area contributed by atoms with Gasteiger partial charge in [-0.3, -0.25) is 0 Å². The Labute approximate surface area is 100 Å². The molecule has 0 unspecified atom stereocenters. The van der Waals surface area contributed by atoms with Crippen molar-refractivity contribution in [1.82, 2.24) is 0 Å². The van der Waals surface area contributed by atoms with Crippen LogP contribution in [-0.4, -0.2) is 5.88 Å². The fourth-order valence-electron chi connectivity index (χ4n) is 1.46. The highest BCUT2D eigenvalue weighted by Crippen LogP contribution is 2.23. The van der Waals surface area contributed by atoms with Crippen LogP contribution in [0.15, 0.2) is 35.9 Å². The molecule has 0 amide bonds. The maximum atomic E-state index is 8.89. The highest BCUT2D eigenvalue weighted by molar-refractivity contribution is 6.17. The van der Waals surface area contributed by atoms with E-state index in [9.17, 15) is 0 Å². The van der Waals surface area contributed by atoms with Gasteiger partial charge >= 0.3 is 0 Å². The Morgan fingerprint density at radius 3 is 2.25 bits per heavy atom. The molecule has 0 aliphatic rings. The minimum Gasteiger partial charge on any atom is -0.192 e. The summed E-state index contributed by atoms with van der Waals surface area (Å²) in [6.45, 7) is 0. The average Bonchev–Trinajstić information content (AvgIpc) is 2.35. The van der Waals surface area contributed by atoms with Crippen LogP contribution in [0.5, 0.6) is 0 Å². The van der Waals surface area contributed by atoms with Crippen molar-refractivity contribution < 1.29 is 0 Å². The van der Waals surface area contributed by atoms with Crippen molar-refractivity contribution in [2.24, 2.45) is 0 Å². The molecular formula is C13H11ClN2. The second-order valence-corrected chi connectivity index (χ2v) is 3.61. The monoisotopic (exact) mass is 230 g/mol. The quantitative estimate of drug-likeness (QED) is 0.587. The number of allylic oxidation sites excluding steroid dienone is 2. The number of alkyl halides is 1. The zero-order valence-corrected chi connectivity index (χ0v) is 9.54. The Kier molecular flexibility index (Phi) is 5.12. The van der Waals surface area contributed by atoms with E-state index in [4.69, 9.17) is 22.1 Å². The van der Waals surface area contributed by atoms with Crippen LogP contribution in [0.2, 0.25) is 0 Å². The van der Waals surface area contributed by atoms with Crippen LogP contribution >= 0.6 is 11.6 Å². The molecule has 16 heavy (non-hydrogen) atoms. The second-order valence-electron chi connectivity index (χ2n) is 3.24. The molecule has 0 saturated heterocycles. The van der Waals surface area contributed by atoms with E-state index in [2.05, 4.69) is 0 Å². The first kappa shape index (κ1) is 12.3. The summed E-state index contributed by atoms with van der Waals surface area (Å²) in [4.78, 5) is 0. The van der Waals surface area contributed by atoms with Crippen LogP contribution in [-0.2, 0) is 0 Å². The van der Waals surface area contributed by atoms with Crippen molar-refractivity contribution in [1.29, 1.82) is 10.5 Å². The van der Waals surface area contributed by atoms with Crippen LogP contribution in [0.4, 0.5) is 0 Å². The molecule has 0 spiro atoms. The lowest BCUT2D eigenvalue weighted by atomic mass is 9.97. The fraction of sp³-hybridized carbons (Fsp3) is 0.231. The largest absolute Gasteiger partial charge is 0.192 e. The van der Waals surface area contributed by atoms with E-state index in [0.29, 0.717) is 12.3 Å². The predicted molar refractivity (Wildman–Crippen MR) is 64.5 cm³/mol. The summed E-state index contributed by atoms with van der Waals surface area (Å²) >= 11 is 5.64. The summed E-state index contributed by atoms with van der Waals surface area (Å²) in [5, 5.41) is 17.8. The van der Waals surface area contributed by atoms with Gasteiger partial charge in [0.15, 0.2) is 0 Å². The molecule has 1 aromatic rings. The number of hydrogen-bond acceptors (Lipinski definition) is 2. The van der Waals surface area contributed by atoms with E-state index in [1.165, 1.54) is 0 Å². The Balaban J connectivity index is 3.13. The molecular weight excluding hydrogens is 220 g/mol. The Morgan fingerprint density at radius 2 is 1.75 bits per heavy atom. The fourth-order valence-corrected chi connectivity index (χ4v) is 1.59. The van der Waals surface area contributed by atoms with Crippen LogP contribution in [0.3, 0.4) is 0 Å². The van der Waals surface area contributed by atoms with Gasteiger partial charge < -0.3 is 0 Å². The molecule has 0 N–H and O–H groups in total. The standard InChI is InChI=1S/C13H11ClN2/c14-8-4-7-13(12(9-15)10-16)11-5-2-1-3-6-11/h1-3,5-6H,4,7-8H2. The maximum Gasteiger partial charge on any atom is 0.133 e. The topological polar surface area (TPSA) is 47.6 Å². The van der Waals surface area contributed by atoms with Gasteiger partial charge in [-0.1, -0.05) is 30.3 Å². The van der Waals surface area contributed by atoms with Crippen LogP contribution in [0.25, 0.3) is 5.57 Å². The number of halogens is 1. The molecule has 1 rings (SSSR count). The molecule has 0 saturated carbocycles. The van der Waals surface area contributed by atoms with Crippen molar-refractivity contribution in [2.75, 3.05) is 5.88 Å². The third kappa shape index (κ3) is 3.12. The van der Waals surface area contributed by atoms with Crippen molar-refractivity contribution in [2.45, 2.75) is 12.8 Å². The highest BCUT2D eigenvalue weighted by Gasteiger charge is 2.08. The van der Waals surface area contributed by atoms with E-state index >= 15 is 0 Å². The van der Waals surface area contributed by atoms with E-state index < -0.39 is 0 Å². The zero-order chi connectivity index (χ0) is 11.8. The molecule has 0 heterocycles. The summed E-state index contributed by atoms with van der Waals surface area (Å²) in [7, 11) is 0. The van der Waals surface area contributed by atoms with Crippen LogP contribution in [0.1, 0.15) is 18.4 Å². The molecule has 0 aromatic heterocycles. The molecule has 0 fully saturated rings. The van der Waals surface area contributed by atoms with E-state index in [-0.39, 0.29) is 5.57 Å². The molecule has 0 radical (unpaired) electrons. The number of rotatable bonds is 4. The smallest absolute Gasteiger partial charge is 0.133 e. The van der Waals surface area contributed by atoms with E-state index in [1.54, 1.807) is 0 Å². The Bertz CT molecular complexity index is 433. The SMILES string of the molecule is N#CC(C#N)=C(CCCCl)c1ccccc1. The molecule has 80 valence electrons. The summed E-state index contributed by atoms with van der Waals surface area (Å²) < 4.78 is 0. The predicted octanol–water partition coefficient (Wildman–Crippen LogP) is 3.51. The average molecular weight is 231 g/mol. The van der Waals surface area contributed by atoms with Gasteiger partial charge in [-0.05, 0) is 24.0 Å². The maximum absolute atomic E-state index is 8.89. The van der Waals surface area contributed by atoms with Gasteiger partial charge in [0.25, 0.3) is 0 Å². The molecule has 0 bridgehead atoms. The molecule has 0 atom stereocenters. The number of nitriles is 2. The highest BCUT2D eigenvalue weighted by atomic mass is 35.5. The lowest BCUT2D eigenvalue weighted by Gasteiger charge is -2.06. The van der Waals surface area contributed by atoms with Crippen molar-refractivity contribution in [3.63, 3.8) is 0 Å². The van der Waals surface area contributed by atoms with E-state index in [1.807, 2.05) is 42.5 Å². The van der Waals surface area contributed by atoms with Gasteiger partial charge in [0.05, 0.1) is 0 Å². The van der Waals surface area contributed by atoms with Crippen molar-refractivity contribution in [3.05, 3.63) is 41.5 Å². The summed E-state index contributed by atoms with van der Waals surface area (Å²) in [6.07, 6.45) is 1.42. The minimum absolute atomic E-state index is 0.177. The minimum atomic E-state index is 0.177. The first-order valence-electron chi connectivity index (χ1n) is 4.98. The molecule has 2 nitrogen and oxygen atoms in total. The Morgan fingerprint density at radius 1 is 1.12 bits per heavy atom. The number of nitrogens with zero attached hydrogens (tertiary/aromatic N) is 2. The lowest BCUT2D eigenvalue weighted by molar-refractivity contribution is 0.978. The van der Waals surface area contributed by atoms with Gasteiger partial charge in [-0.15, -0.1) is 11.6 Å². The van der Waals surface area contributed by atoms with Crippen molar-refractivity contribution in [3.8, 4) is 12.1 Å². The van der Waals surface area contributed by atoms with Crippen LogP contribution < -0.4 is 0 Å². The third-order valence-electron chi connectivity index (χ3n) is 2.21. The molecule has 1 aromatic carbocycles. The first-order chi connectivity index (χ1) is 7.83. The normalized spacial score (nSPS) is 8.94. The lowest BCUT2D eigenvalue weighted by Crippen LogP contribution is -1.90. The number of benzene rings is 1. The van der Waals surface area contributed by atoms with Crippen LogP contribution in [0, 0.1) is 22.7 Å². The van der Waals surface area contributed by atoms with Gasteiger partial charge in [-0.25, -0.2) is 0 Å².